The number of amides is 3. The molecule has 1 aliphatic rings. The number of hydrogen-bond acceptors (Lipinski definition) is 2. The van der Waals surface area contributed by atoms with E-state index in [4.69, 9.17) is 11.6 Å². The summed E-state index contributed by atoms with van der Waals surface area (Å²) in [6, 6.07) is 10.6. The highest BCUT2D eigenvalue weighted by molar-refractivity contribution is 6.34. The Morgan fingerprint density at radius 1 is 1.26 bits per heavy atom. The van der Waals surface area contributed by atoms with Gasteiger partial charge in [-0.25, -0.2) is 9.18 Å². The summed E-state index contributed by atoms with van der Waals surface area (Å²) in [7, 11) is 0. The highest BCUT2D eigenvalue weighted by Gasteiger charge is 2.21. The molecule has 0 aromatic heterocycles. The van der Waals surface area contributed by atoms with Crippen molar-refractivity contribution in [2.45, 2.75) is 0 Å². The Morgan fingerprint density at radius 2 is 2.04 bits per heavy atom. The molecule has 0 saturated carbocycles. The second kappa shape index (κ2) is 6.26. The maximum absolute atomic E-state index is 13.8. The lowest BCUT2D eigenvalue weighted by Crippen LogP contribution is -2.27. The van der Waals surface area contributed by atoms with Crippen LogP contribution in [-0.4, -0.2) is 25.0 Å². The molecule has 2 aromatic rings. The Balaban J connectivity index is 1.83. The average Bonchev–Trinajstić information content (AvgIpc) is 2.93. The van der Waals surface area contributed by atoms with E-state index < -0.39 is 11.7 Å². The molecule has 0 radical (unpaired) electrons. The summed E-state index contributed by atoms with van der Waals surface area (Å²) < 4.78 is 13.8. The summed E-state index contributed by atoms with van der Waals surface area (Å²) in [6.07, 6.45) is 0. The van der Waals surface area contributed by atoms with Crippen molar-refractivity contribution in [3.8, 4) is 0 Å². The van der Waals surface area contributed by atoms with Gasteiger partial charge < -0.3 is 10.6 Å². The number of rotatable bonds is 3. The van der Waals surface area contributed by atoms with Crippen LogP contribution < -0.4 is 15.5 Å². The summed E-state index contributed by atoms with van der Waals surface area (Å²) in [5.74, 6) is -1.33. The van der Waals surface area contributed by atoms with Crippen LogP contribution in [-0.2, 0) is 0 Å². The second-order valence-electron chi connectivity index (χ2n) is 4.98. The van der Waals surface area contributed by atoms with E-state index >= 15 is 0 Å². The van der Waals surface area contributed by atoms with Crippen LogP contribution >= 0.6 is 11.6 Å². The molecule has 0 atom stereocenters. The van der Waals surface area contributed by atoms with Crippen molar-refractivity contribution >= 4 is 34.9 Å². The molecule has 1 heterocycles. The zero-order valence-corrected chi connectivity index (χ0v) is 12.7. The Hall–Kier alpha value is -2.60. The van der Waals surface area contributed by atoms with Gasteiger partial charge in [0.15, 0.2) is 0 Å². The van der Waals surface area contributed by atoms with Crippen LogP contribution in [0.3, 0.4) is 0 Å². The van der Waals surface area contributed by atoms with E-state index in [1.165, 1.54) is 18.2 Å². The Bertz CT molecular complexity index is 761. The van der Waals surface area contributed by atoms with Gasteiger partial charge in [-0.05, 0) is 30.3 Å². The number of nitrogens with zero attached hydrogens (tertiary/aromatic N) is 1. The van der Waals surface area contributed by atoms with Crippen molar-refractivity contribution in [2.75, 3.05) is 23.3 Å². The zero-order valence-electron chi connectivity index (χ0n) is 12.0. The molecule has 1 fully saturated rings. The minimum Gasteiger partial charge on any atom is -0.336 e. The molecule has 2 N–H and O–H groups in total. The molecular formula is C16H13ClFN3O2. The normalized spacial score (nSPS) is 13.8. The number of carbonyl (C=O) groups is 2. The molecule has 0 spiro atoms. The minimum atomic E-state index is -0.690. The third-order valence-electron chi connectivity index (χ3n) is 3.46. The predicted molar refractivity (Wildman–Crippen MR) is 86.5 cm³/mol. The van der Waals surface area contributed by atoms with Gasteiger partial charge in [-0.2, -0.15) is 0 Å². The van der Waals surface area contributed by atoms with Crippen LogP contribution in [0.25, 0.3) is 0 Å². The first-order valence-electron chi connectivity index (χ1n) is 6.97. The number of carbonyl (C=O) groups excluding carboxylic acids is 2. The quantitative estimate of drug-likeness (QED) is 0.905. The maximum Gasteiger partial charge on any atom is 0.321 e. The number of halogens is 2. The SMILES string of the molecule is O=C(Nc1cccc(N2CCNC2=O)c1)c1c(F)cccc1Cl. The van der Waals surface area contributed by atoms with E-state index in [9.17, 15) is 14.0 Å². The third kappa shape index (κ3) is 3.12. The van der Waals surface area contributed by atoms with Crippen molar-refractivity contribution in [2.24, 2.45) is 0 Å². The largest absolute Gasteiger partial charge is 0.336 e. The molecule has 23 heavy (non-hydrogen) atoms. The Morgan fingerprint density at radius 3 is 2.74 bits per heavy atom. The molecule has 2 aromatic carbocycles. The monoisotopic (exact) mass is 333 g/mol. The van der Waals surface area contributed by atoms with Crippen LogP contribution in [0.5, 0.6) is 0 Å². The first kappa shape index (κ1) is 15.3. The Kier molecular flexibility index (Phi) is 4.16. The standard InChI is InChI=1S/C16H13ClFN3O2/c17-12-5-2-6-13(18)14(12)15(22)20-10-3-1-4-11(9-10)21-8-7-19-16(21)23/h1-6,9H,7-8H2,(H,19,23)(H,20,22). The van der Waals surface area contributed by atoms with Crippen LogP contribution in [0, 0.1) is 5.82 Å². The number of anilines is 2. The van der Waals surface area contributed by atoms with E-state index in [2.05, 4.69) is 10.6 Å². The smallest absolute Gasteiger partial charge is 0.321 e. The summed E-state index contributed by atoms with van der Waals surface area (Å²) >= 11 is 5.88. The van der Waals surface area contributed by atoms with Gasteiger partial charge in [-0.1, -0.05) is 23.7 Å². The topological polar surface area (TPSA) is 61.4 Å². The third-order valence-corrected chi connectivity index (χ3v) is 3.78. The molecule has 1 saturated heterocycles. The lowest BCUT2D eigenvalue weighted by Gasteiger charge is -2.15. The van der Waals surface area contributed by atoms with Gasteiger partial charge in [0.1, 0.15) is 5.82 Å². The number of urea groups is 1. The summed E-state index contributed by atoms with van der Waals surface area (Å²) in [5.41, 5.74) is 0.891. The minimum absolute atomic E-state index is 0.0394. The fraction of sp³-hybridized carbons (Fsp3) is 0.125. The fourth-order valence-corrected chi connectivity index (χ4v) is 2.63. The zero-order chi connectivity index (χ0) is 16.4. The molecule has 5 nitrogen and oxygen atoms in total. The number of benzene rings is 2. The highest BCUT2D eigenvalue weighted by atomic mass is 35.5. The van der Waals surface area contributed by atoms with Gasteiger partial charge in [0.05, 0.1) is 10.6 Å². The van der Waals surface area contributed by atoms with Gasteiger partial charge in [-0.3, -0.25) is 9.69 Å². The predicted octanol–water partition coefficient (Wildman–Crippen LogP) is 3.26. The van der Waals surface area contributed by atoms with Crippen LogP contribution in [0.2, 0.25) is 5.02 Å². The molecule has 0 aliphatic carbocycles. The molecular weight excluding hydrogens is 321 g/mol. The first-order valence-corrected chi connectivity index (χ1v) is 7.35. The van der Waals surface area contributed by atoms with Crippen LogP contribution in [0.4, 0.5) is 20.6 Å². The van der Waals surface area contributed by atoms with Crippen LogP contribution in [0.15, 0.2) is 42.5 Å². The van der Waals surface area contributed by atoms with Gasteiger partial charge in [0, 0.05) is 24.5 Å². The van der Waals surface area contributed by atoms with E-state index in [-0.39, 0.29) is 16.6 Å². The van der Waals surface area contributed by atoms with Crippen molar-refractivity contribution in [1.29, 1.82) is 0 Å². The first-order chi connectivity index (χ1) is 11.1. The van der Waals surface area contributed by atoms with Crippen molar-refractivity contribution in [3.63, 3.8) is 0 Å². The lowest BCUT2D eigenvalue weighted by molar-refractivity contribution is 0.102. The van der Waals surface area contributed by atoms with Crippen molar-refractivity contribution in [1.82, 2.24) is 5.32 Å². The molecule has 1 aliphatic heterocycles. The molecule has 3 amide bonds. The van der Waals surface area contributed by atoms with E-state index in [1.54, 1.807) is 29.2 Å². The van der Waals surface area contributed by atoms with Crippen LogP contribution in [0.1, 0.15) is 10.4 Å². The number of nitrogens with one attached hydrogen (secondary N) is 2. The summed E-state index contributed by atoms with van der Waals surface area (Å²) in [5, 5.41) is 5.34. The molecule has 0 unspecified atom stereocenters. The van der Waals surface area contributed by atoms with Gasteiger partial charge >= 0.3 is 6.03 Å². The second-order valence-corrected chi connectivity index (χ2v) is 5.39. The fourth-order valence-electron chi connectivity index (χ4n) is 2.38. The van der Waals surface area contributed by atoms with E-state index in [1.807, 2.05) is 0 Å². The van der Waals surface area contributed by atoms with Gasteiger partial charge in [-0.15, -0.1) is 0 Å². The summed E-state index contributed by atoms with van der Waals surface area (Å²) in [6.45, 7) is 1.12. The Labute approximate surface area is 137 Å². The molecule has 3 rings (SSSR count). The van der Waals surface area contributed by atoms with Crippen molar-refractivity contribution in [3.05, 3.63) is 58.9 Å². The van der Waals surface area contributed by atoms with E-state index in [0.717, 1.165) is 0 Å². The summed E-state index contributed by atoms with van der Waals surface area (Å²) in [4.78, 5) is 25.5. The van der Waals surface area contributed by atoms with Gasteiger partial charge in [0.2, 0.25) is 0 Å². The highest BCUT2D eigenvalue weighted by Crippen LogP contribution is 2.24. The van der Waals surface area contributed by atoms with E-state index in [0.29, 0.717) is 24.5 Å². The molecule has 0 bridgehead atoms. The number of hydrogen-bond donors (Lipinski definition) is 2. The average molecular weight is 334 g/mol. The molecule has 118 valence electrons. The van der Waals surface area contributed by atoms with Crippen molar-refractivity contribution < 1.29 is 14.0 Å². The maximum atomic E-state index is 13.8. The molecule has 7 heteroatoms. The van der Waals surface area contributed by atoms with Gasteiger partial charge in [0.25, 0.3) is 5.91 Å². The lowest BCUT2D eigenvalue weighted by atomic mass is 10.2.